The average molecular weight is 178 g/mol. The highest BCUT2D eigenvalue weighted by molar-refractivity contribution is 6.13. The number of hydrogen-bond acceptors (Lipinski definition) is 2. The first-order valence-corrected chi connectivity index (χ1v) is 2.81. The number of hydrogen-bond donors (Lipinski definition) is 2. The van der Waals surface area contributed by atoms with Crippen LogP contribution in [0.3, 0.4) is 0 Å². The molecule has 0 aromatic rings. The predicted molar refractivity (Wildman–Crippen MR) is 30.5 cm³/mol. The number of halogens is 4. The molecule has 6 heteroatoms. The van der Waals surface area contributed by atoms with Crippen molar-refractivity contribution in [2.45, 2.75) is 18.7 Å². The molecule has 0 fully saturated rings. The van der Waals surface area contributed by atoms with Crippen molar-refractivity contribution in [3.8, 4) is 0 Å². The summed E-state index contributed by atoms with van der Waals surface area (Å²) in [6.07, 6.45) is -4.64. The van der Waals surface area contributed by atoms with Crippen molar-refractivity contribution in [2.75, 3.05) is 6.54 Å². The van der Waals surface area contributed by atoms with Gasteiger partial charge < -0.3 is 5.11 Å². The molecule has 0 aliphatic rings. The summed E-state index contributed by atoms with van der Waals surface area (Å²) in [7, 11) is 0. The second kappa shape index (κ2) is 2.94. The monoisotopic (exact) mass is 177 g/mol. The smallest absolute Gasteiger partial charge is 0.380 e. The molecule has 1 atom stereocenters. The van der Waals surface area contributed by atoms with E-state index in [9.17, 15) is 13.2 Å². The lowest BCUT2D eigenvalue weighted by Crippen LogP contribution is -2.48. The van der Waals surface area contributed by atoms with Gasteiger partial charge in [0.25, 0.3) is 0 Å². The number of aliphatic hydroxyl groups is 1. The SMILES string of the molecule is CC(O)(CNCl)C(F)(F)F. The summed E-state index contributed by atoms with van der Waals surface area (Å²) in [5, 5.41) is 8.58. The molecule has 0 rings (SSSR count). The molecule has 0 spiro atoms. The van der Waals surface area contributed by atoms with Gasteiger partial charge in [0.15, 0.2) is 5.60 Å². The fraction of sp³-hybridized carbons (Fsp3) is 1.00. The van der Waals surface area contributed by atoms with Gasteiger partial charge in [-0.3, -0.25) is 0 Å². The summed E-state index contributed by atoms with van der Waals surface area (Å²) in [5.41, 5.74) is -2.76. The van der Waals surface area contributed by atoms with Gasteiger partial charge in [0.1, 0.15) is 0 Å². The Kier molecular flexibility index (Phi) is 2.94. The average Bonchev–Trinajstić information content (AvgIpc) is 1.61. The lowest BCUT2D eigenvalue weighted by Gasteiger charge is -2.24. The van der Waals surface area contributed by atoms with Gasteiger partial charge >= 0.3 is 6.18 Å². The van der Waals surface area contributed by atoms with Gasteiger partial charge in [0.05, 0.1) is 0 Å². The molecule has 0 aliphatic carbocycles. The molecule has 0 heterocycles. The number of nitrogens with one attached hydrogen (secondary N) is 1. The van der Waals surface area contributed by atoms with Crippen molar-refractivity contribution in [1.82, 2.24) is 4.84 Å². The van der Waals surface area contributed by atoms with Gasteiger partial charge in [0.2, 0.25) is 0 Å². The molecule has 0 aromatic carbocycles. The van der Waals surface area contributed by atoms with E-state index in [1.54, 1.807) is 4.84 Å². The van der Waals surface area contributed by atoms with Crippen molar-refractivity contribution in [3.05, 3.63) is 0 Å². The van der Waals surface area contributed by atoms with E-state index < -0.39 is 18.3 Å². The Morgan fingerprint density at radius 3 is 2.00 bits per heavy atom. The van der Waals surface area contributed by atoms with Crippen LogP contribution in [0.2, 0.25) is 0 Å². The van der Waals surface area contributed by atoms with Crippen LogP contribution in [0.25, 0.3) is 0 Å². The van der Waals surface area contributed by atoms with E-state index in [1.165, 1.54) is 0 Å². The van der Waals surface area contributed by atoms with Crippen LogP contribution in [-0.2, 0) is 0 Å². The zero-order valence-electron chi connectivity index (χ0n) is 5.17. The summed E-state index contributed by atoms with van der Waals surface area (Å²) in [6, 6.07) is 0. The fourth-order valence-electron chi connectivity index (χ4n) is 0.230. The number of alkyl halides is 3. The quantitative estimate of drug-likeness (QED) is 0.618. The summed E-state index contributed by atoms with van der Waals surface area (Å²) < 4.78 is 35.0. The Balaban J connectivity index is 4.10. The molecule has 0 aromatic heterocycles. The van der Waals surface area contributed by atoms with Crippen LogP contribution in [0.15, 0.2) is 0 Å². The largest absolute Gasteiger partial charge is 0.418 e. The first-order chi connectivity index (χ1) is 4.31. The van der Waals surface area contributed by atoms with Gasteiger partial charge in [0, 0.05) is 6.54 Å². The second-order valence-corrected chi connectivity index (χ2v) is 2.35. The minimum Gasteiger partial charge on any atom is -0.380 e. The lowest BCUT2D eigenvalue weighted by atomic mass is 10.1. The second-order valence-electron chi connectivity index (χ2n) is 2.08. The van der Waals surface area contributed by atoms with Crippen LogP contribution in [0.5, 0.6) is 0 Å². The Hall–Kier alpha value is -0.0000000000000000555. The molecule has 10 heavy (non-hydrogen) atoms. The van der Waals surface area contributed by atoms with E-state index in [0.717, 1.165) is 0 Å². The molecule has 0 amide bonds. The van der Waals surface area contributed by atoms with E-state index in [4.69, 9.17) is 16.9 Å². The van der Waals surface area contributed by atoms with Crippen molar-refractivity contribution in [2.24, 2.45) is 0 Å². The van der Waals surface area contributed by atoms with Crippen LogP contribution in [0.4, 0.5) is 13.2 Å². The Morgan fingerprint density at radius 1 is 1.50 bits per heavy atom. The zero-order valence-corrected chi connectivity index (χ0v) is 5.92. The van der Waals surface area contributed by atoms with E-state index in [0.29, 0.717) is 6.92 Å². The molecule has 0 aliphatic heterocycles. The minimum absolute atomic E-state index is 0.641. The van der Waals surface area contributed by atoms with Gasteiger partial charge in [-0.1, -0.05) is 0 Å². The van der Waals surface area contributed by atoms with Gasteiger partial charge in [-0.25, -0.2) is 4.84 Å². The molecular weight excluding hydrogens is 170 g/mol. The molecule has 2 nitrogen and oxygen atoms in total. The van der Waals surface area contributed by atoms with Crippen LogP contribution >= 0.6 is 11.8 Å². The van der Waals surface area contributed by atoms with Gasteiger partial charge in [-0.2, -0.15) is 13.2 Å². The van der Waals surface area contributed by atoms with Crippen molar-refractivity contribution >= 4 is 11.8 Å². The molecular formula is C4H7ClF3NO. The first kappa shape index (κ1) is 10.0. The normalized spacial score (nSPS) is 18.6. The molecule has 2 N–H and O–H groups in total. The van der Waals surface area contributed by atoms with Crippen LogP contribution < -0.4 is 4.84 Å². The molecule has 1 unspecified atom stereocenters. The molecule has 62 valence electrons. The molecule has 0 bridgehead atoms. The van der Waals surface area contributed by atoms with Crippen molar-refractivity contribution < 1.29 is 18.3 Å². The summed E-state index contributed by atoms with van der Waals surface area (Å²) in [4.78, 5) is 1.72. The van der Waals surface area contributed by atoms with E-state index >= 15 is 0 Å². The zero-order chi connectivity index (χ0) is 8.41. The van der Waals surface area contributed by atoms with Crippen LogP contribution in [0.1, 0.15) is 6.92 Å². The number of rotatable bonds is 2. The van der Waals surface area contributed by atoms with E-state index in [-0.39, 0.29) is 0 Å². The first-order valence-electron chi connectivity index (χ1n) is 2.44. The van der Waals surface area contributed by atoms with Gasteiger partial charge in [-0.05, 0) is 18.7 Å². The fourth-order valence-corrected chi connectivity index (χ4v) is 0.491. The maximum absolute atomic E-state index is 11.7. The Labute approximate surface area is 61.1 Å². The summed E-state index contributed by atoms with van der Waals surface area (Å²) in [5.74, 6) is 0. The maximum atomic E-state index is 11.7. The topological polar surface area (TPSA) is 32.3 Å². The highest BCUT2D eigenvalue weighted by atomic mass is 35.5. The molecule has 0 saturated heterocycles. The van der Waals surface area contributed by atoms with E-state index in [1.807, 2.05) is 0 Å². The Bertz CT molecular complexity index is 114. The standard InChI is InChI=1S/C4H7ClF3NO/c1-3(10,2-9-5)4(6,7)8/h9-10H,2H2,1H3. The lowest BCUT2D eigenvalue weighted by molar-refractivity contribution is -0.249. The van der Waals surface area contributed by atoms with Gasteiger partial charge in [-0.15, -0.1) is 0 Å². The van der Waals surface area contributed by atoms with E-state index in [2.05, 4.69) is 0 Å². The maximum Gasteiger partial charge on any atom is 0.418 e. The third kappa shape index (κ3) is 2.32. The molecule has 0 saturated carbocycles. The summed E-state index contributed by atoms with van der Waals surface area (Å²) >= 11 is 4.78. The van der Waals surface area contributed by atoms with Crippen molar-refractivity contribution in [1.29, 1.82) is 0 Å². The van der Waals surface area contributed by atoms with Crippen LogP contribution in [0, 0.1) is 0 Å². The third-order valence-corrected chi connectivity index (χ3v) is 1.16. The highest BCUT2D eigenvalue weighted by Gasteiger charge is 2.49. The Morgan fingerprint density at radius 2 is 1.90 bits per heavy atom. The highest BCUT2D eigenvalue weighted by Crippen LogP contribution is 2.29. The molecule has 0 radical (unpaired) electrons. The predicted octanol–water partition coefficient (Wildman–Crippen LogP) is 1.04. The van der Waals surface area contributed by atoms with Crippen molar-refractivity contribution in [3.63, 3.8) is 0 Å². The summed E-state index contributed by atoms with van der Waals surface area (Å²) in [6.45, 7) is -0.0829. The minimum atomic E-state index is -4.64. The van der Waals surface area contributed by atoms with Crippen LogP contribution in [-0.4, -0.2) is 23.4 Å². The third-order valence-electron chi connectivity index (χ3n) is 1.02.